The normalized spacial score (nSPS) is 27.2. The van der Waals surface area contributed by atoms with Crippen LogP contribution in [-0.4, -0.2) is 41.3 Å². The summed E-state index contributed by atoms with van der Waals surface area (Å²) in [6, 6.07) is 5.52. The molecule has 1 aromatic heterocycles. The largest absolute Gasteiger partial charge is 0.431 e. The predicted molar refractivity (Wildman–Crippen MR) is 86.0 cm³/mol. The third-order valence-corrected chi connectivity index (χ3v) is 5.29. The number of carbonyl (C=O) groups is 1. The van der Waals surface area contributed by atoms with Crippen LogP contribution < -0.4 is 5.32 Å². The van der Waals surface area contributed by atoms with E-state index in [-0.39, 0.29) is 12.1 Å². The summed E-state index contributed by atoms with van der Waals surface area (Å²) in [6.45, 7) is 2.20. The number of oxazole rings is 1. The van der Waals surface area contributed by atoms with E-state index in [0.29, 0.717) is 21.9 Å². The Bertz CT molecular complexity index is 706. The van der Waals surface area contributed by atoms with Gasteiger partial charge < -0.3 is 9.73 Å². The summed E-state index contributed by atoms with van der Waals surface area (Å²) in [5.41, 5.74) is 1.92. The number of amides is 1. The average Bonchev–Trinajstić information content (AvgIpc) is 2.99. The van der Waals surface area contributed by atoms with Gasteiger partial charge in [-0.2, -0.15) is 0 Å². The van der Waals surface area contributed by atoms with E-state index in [1.54, 1.807) is 0 Å². The van der Waals surface area contributed by atoms with Crippen LogP contribution in [0.1, 0.15) is 29.6 Å². The van der Waals surface area contributed by atoms with E-state index in [9.17, 15) is 4.79 Å². The summed E-state index contributed by atoms with van der Waals surface area (Å²) in [5.74, 6) is 0.713. The van der Waals surface area contributed by atoms with Crippen molar-refractivity contribution in [3.63, 3.8) is 0 Å². The first-order valence-electron chi connectivity index (χ1n) is 7.73. The Balaban J connectivity index is 1.59. The minimum Gasteiger partial charge on any atom is -0.431 e. The third kappa shape index (κ3) is 2.40. The summed E-state index contributed by atoms with van der Waals surface area (Å²) >= 11 is 1.44. The maximum Gasteiger partial charge on any atom is 0.256 e. The van der Waals surface area contributed by atoms with Crippen LogP contribution in [-0.2, 0) is 0 Å². The molecule has 0 saturated carbocycles. The minimum atomic E-state index is -0.0518. The molecule has 0 aliphatic carbocycles. The molecule has 4 heterocycles. The molecule has 3 aliphatic heterocycles. The standard InChI is InChI=1S/C16H19N3O2S/c1-22-16-18-14-11(3-2-4-12(14)21-16)15(20)17-13-9-10-5-7-19(13)8-6-10/h2-4,10,13H,5-9H2,1H3,(H,17,20)/t13-/m0/s1. The molecule has 5 nitrogen and oxygen atoms in total. The van der Waals surface area contributed by atoms with Gasteiger partial charge >= 0.3 is 0 Å². The number of hydrogen-bond donors (Lipinski definition) is 1. The van der Waals surface area contributed by atoms with Crippen LogP contribution >= 0.6 is 11.8 Å². The van der Waals surface area contributed by atoms with Crippen molar-refractivity contribution in [3.8, 4) is 0 Å². The molecule has 6 heteroatoms. The second kappa shape index (κ2) is 5.59. The molecule has 1 aromatic carbocycles. The van der Waals surface area contributed by atoms with Crippen LogP contribution in [0.2, 0.25) is 0 Å². The molecule has 5 rings (SSSR count). The highest BCUT2D eigenvalue weighted by molar-refractivity contribution is 7.98. The maximum absolute atomic E-state index is 12.7. The second-order valence-electron chi connectivity index (χ2n) is 6.04. The molecular weight excluding hydrogens is 298 g/mol. The van der Waals surface area contributed by atoms with Crippen molar-refractivity contribution in [2.75, 3.05) is 19.3 Å². The lowest BCUT2D eigenvalue weighted by Crippen LogP contribution is -2.56. The summed E-state index contributed by atoms with van der Waals surface area (Å²) in [4.78, 5) is 19.5. The third-order valence-electron chi connectivity index (χ3n) is 4.76. The summed E-state index contributed by atoms with van der Waals surface area (Å²) in [5, 5.41) is 3.78. The average molecular weight is 317 g/mol. The van der Waals surface area contributed by atoms with Crippen LogP contribution in [0.25, 0.3) is 11.1 Å². The SMILES string of the molecule is CSc1nc2c(C(=O)N[C@@H]3CC4CCN3CC4)cccc2o1. The predicted octanol–water partition coefficient (Wildman–Crippen LogP) is 2.72. The lowest BCUT2D eigenvalue weighted by Gasteiger charge is -2.45. The topological polar surface area (TPSA) is 58.4 Å². The van der Waals surface area contributed by atoms with E-state index in [1.165, 1.54) is 24.6 Å². The van der Waals surface area contributed by atoms with E-state index >= 15 is 0 Å². The van der Waals surface area contributed by atoms with Crippen molar-refractivity contribution in [2.24, 2.45) is 5.92 Å². The van der Waals surface area contributed by atoms with Gasteiger partial charge in [-0.05, 0) is 43.6 Å². The van der Waals surface area contributed by atoms with E-state index in [1.807, 2.05) is 24.5 Å². The number of nitrogens with zero attached hydrogens (tertiary/aromatic N) is 2. The number of piperidine rings is 3. The molecule has 0 unspecified atom stereocenters. The quantitative estimate of drug-likeness (QED) is 0.882. The molecule has 3 aliphatic rings. The molecule has 0 spiro atoms. The van der Waals surface area contributed by atoms with Crippen molar-refractivity contribution < 1.29 is 9.21 Å². The van der Waals surface area contributed by atoms with E-state index in [0.717, 1.165) is 25.4 Å². The van der Waals surface area contributed by atoms with E-state index < -0.39 is 0 Å². The zero-order valence-electron chi connectivity index (χ0n) is 12.5. The first-order chi connectivity index (χ1) is 10.7. The molecule has 1 atom stereocenters. The van der Waals surface area contributed by atoms with Gasteiger partial charge in [0.05, 0.1) is 11.7 Å². The second-order valence-corrected chi connectivity index (χ2v) is 6.80. The van der Waals surface area contributed by atoms with Gasteiger partial charge in [0.25, 0.3) is 11.1 Å². The van der Waals surface area contributed by atoms with E-state index in [2.05, 4.69) is 15.2 Å². The number of fused-ring (bicyclic) bond motifs is 4. The molecule has 2 aromatic rings. The van der Waals surface area contributed by atoms with Gasteiger partial charge in [0.1, 0.15) is 5.52 Å². The Morgan fingerprint density at radius 1 is 1.41 bits per heavy atom. The van der Waals surface area contributed by atoms with Crippen molar-refractivity contribution in [1.29, 1.82) is 0 Å². The highest BCUT2D eigenvalue weighted by atomic mass is 32.2. The van der Waals surface area contributed by atoms with Crippen molar-refractivity contribution >= 4 is 28.8 Å². The number of para-hydroxylation sites is 1. The Kier molecular flexibility index (Phi) is 3.58. The summed E-state index contributed by atoms with van der Waals surface area (Å²) in [7, 11) is 0. The van der Waals surface area contributed by atoms with Crippen LogP contribution in [0.4, 0.5) is 0 Å². The van der Waals surface area contributed by atoms with Gasteiger partial charge in [-0.3, -0.25) is 9.69 Å². The van der Waals surface area contributed by atoms with Crippen molar-refractivity contribution in [1.82, 2.24) is 15.2 Å². The Morgan fingerprint density at radius 2 is 2.23 bits per heavy atom. The molecule has 3 saturated heterocycles. The van der Waals surface area contributed by atoms with Crippen LogP contribution in [0, 0.1) is 5.92 Å². The first-order valence-corrected chi connectivity index (χ1v) is 8.95. The maximum atomic E-state index is 12.7. The fourth-order valence-electron chi connectivity index (χ4n) is 3.54. The van der Waals surface area contributed by atoms with Crippen LogP contribution in [0.15, 0.2) is 27.8 Å². The fraction of sp³-hybridized carbons (Fsp3) is 0.500. The lowest BCUT2D eigenvalue weighted by atomic mass is 9.86. The van der Waals surface area contributed by atoms with Gasteiger partial charge in [-0.1, -0.05) is 17.8 Å². The molecule has 116 valence electrons. The van der Waals surface area contributed by atoms with E-state index in [4.69, 9.17) is 4.42 Å². The molecule has 1 amide bonds. The molecule has 2 bridgehead atoms. The molecular formula is C16H19N3O2S. The van der Waals surface area contributed by atoms with Crippen LogP contribution in [0.5, 0.6) is 0 Å². The monoisotopic (exact) mass is 317 g/mol. The molecule has 3 fully saturated rings. The highest BCUT2D eigenvalue weighted by Gasteiger charge is 2.34. The molecule has 22 heavy (non-hydrogen) atoms. The van der Waals surface area contributed by atoms with Gasteiger partial charge in [0.15, 0.2) is 5.58 Å². The van der Waals surface area contributed by atoms with Crippen LogP contribution in [0.3, 0.4) is 0 Å². The number of aromatic nitrogens is 1. The summed E-state index contributed by atoms with van der Waals surface area (Å²) < 4.78 is 5.61. The number of rotatable bonds is 3. The Morgan fingerprint density at radius 3 is 2.91 bits per heavy atom. The minimum absolute atomic E-state index is 0.0518. The number of carbonyl (C=O) groups excluding carboxylic acids is 1. The smallest absolute Gasteiger partial charge is 0.256 e. The number of hydrogen-bond acceptors (Lipinski definition) is 5. The number of benzene rings is 1. The number of thioether (sulfide) groups is 1. The molecule has 0 radical (unpaired) electrons. The highest BCUT2D eigenvalue weighted by Crippen LogP contribution is 2.31. The van der Waals surface area contributed by atoms with Gasteiger partial charge in [0, 0.05) is 13.1 Å². The summed E-state index contributed by atoms with van der Waals surface area (Å²) in [6.07, 6.45) is 5.68. The van der Waals surface area contributed by atoms with Gasteiger partial charge in [0.2, 0.25) is 0 Å². The fourth-order valence-corrected chi connectivity index (χ4v) is 3.90. The number of nitrogens with one attached hydrogen (secondary N) is 1. The molecule has 1 N–H and O–H groups in total. The zero-order chi connectivity index (χ0) is 15.1. The zero-order valence-corrected chi connectivity index (χ0v) is 13.4. The van der Waals surface area contributed by atoms with Gasteiger partial charge in [-0.25, -0.2) is 4.98 Å². The van der Waals surface area contributed by atoms with Crippen molar-refractivity contribution in [2.45, 2.75) is 30.7 Å². The van der Waals surface area contributed by atoms with Crippen molar-refractivity contribution in [3.05, 3.63) is 23.8 Å². The Hall–Kier alpha value is -1.53. The Labute approximate surface area is 133 Å². The first kappa shape index (κ1) is 14.1. The lowest BCUT2D eigenvalue weighted by molar-refractivity contribution is 0.0295. The van der Waals surface area contributed by atoms with Gasteiger partial charge in [-0.15, -0.1) is 0 Å².